The number of carbonyl (C=O) groups is 1. The second-order valence-electron chi connectivity index (χ2n) is 6.59. The van der Waals surface area contributed by atoms with Gasteiger partial charge in [0.2, 0.25) is 0 Å². The van der Waals surface area contributed by atoms with Crippen molar-refractivity contribution >= 4 is 32.6 Å². The number of carbonyl (C=O) groups excluding carboxylic acids is 1. The summed E-state index contributed by atoms with van der Waals surface area (Å²) in [5.74, 6) is -0.618. The van der Waals surface area contributed by atoms with Crippen molar-refractivity contribution in [1.82, 2.24) is 4.98 Å². The monoisotopic (exact) mass is 386 g/mol. The first-order valence-corrected chi connectivity index (χ1v) is 10.1. The molecule has 0 atom stereocenters. The van der Waals surface area contributed by atoms with Gasteiger partial charge >= 0.3 is 0 Å². The first kappa shape index (κ1) is 19.5. The minimum absolute atomic E-state index is 0.210. The number of likely N-dealkylation sites (N-methyl/N-ethyl adjacent to an activating group) is 1. The largest absolute Gasteiger partial charge is 0.334 e. The van der Waals surface area contributed by atoms with Gasteiger partial charge in [-0.3, -0.25) is 9.69 Å². The van der Waals surface area contributed by atoms with Crippen LogP contribution in [0.25, 0.3) is 10.2 Å². The van der Waals surface area contributed by atoms with Crippen molar-refractivity contribution in [2.45, 2.75) is 20.8 Å². The van der Waals surface area contributed by atoms with Gasteiger partial charge in [-0.15, -0.1) is 0 Å². The van der Waals surface area contributed by atoms with E-state index >= 15 is 0 Å². The lowest BCUT2D eigenvalue weighted by atomic mass is 10.2. The van der Waals surface area contributed by atoms with Gasteiger partial charge in [0, 0.05) is 5.56 Å². The highest BCUT2D eigenvalue weighted by Crippen LogP contribution is 2.31. The minimum Gasteiger partial charge on any atom is -0.334 e. The molecule has 1 aromatic heterocycles. The molecule has 3 aromatic rings. The molecule has 6 heteroatoms. The summed E-state index contributed by atoms with van der Waals surface area (Å²) < 4.78 is 14.7. The molecule has 0 radical (unpaired) electrons. The molecular weight excluding hydrogens is 361 g/mol. The maximum atomic E-state index is 13.6. The van der Waals surface area contributed by atoms with Crippen LogP contribution in [0.5, 0.6) is 0 Å². The van der Waals surface area contributed by atoms with E-state index in [9.17, 15) is 9.18 Å². The topological polar surface area (TPSA) is 37.6 Å². The van der Waals surface area contributed by atoms with Crippen LogP contribution in [-0.2, 0) is 0 Å². The lowest BCUT2D eigenvalue weighted by molar-refractivity contribution is -0.894. The molecule has 0 spiro atoms. The van der Waals surface area contributed by atoms with Crippen molar-refractivity contribution in [2.24, 2.45) is 0 Å². The highest BCUT2D eigenvalue weighted by Gasteiger charge is 2.23. The van der Waals surface area contributed by atoms with E-state index in [0.717, 1.165) is 35.4 Å². The smallest absolute Gasteiger partial charge is 0.260 e. The second-order valence-corrected chi connectivity index (χ2v) is 7.60. The number of rotatable bonds is 7. The van der Waals surface area contributed by atoms with Crippen LogP contribution < -0.4 is 9.80 Å². The van der Waals surface area contributed by atoms with Crippen molar-refractivity contribution in [1.29, 1.82) is 0 Å². The van der Waals surface area contributed by atoms with Crippen LogP contribution in [0.15, 0.2) is 42.5 Å². The molecule has 3 rings (SSSR count). The molecule has 0 fully saturated rings. The van der Waals surface area contributed by atoms with E-state index in [4.69, 9.17) is 4.98 Å². The van der Waals surface area contributed by atoms with Gasteiger partial charge in [0.1, 0.15) is 5.82 Å². The van der Waals surface area contributed by atoms with E-state index < -0.39 is 5.82 Å². The van der Waals surface area contributed by atoms with Crippen LogP contribution in [0.1, 0.15) is 29.8 Å². The third-order valence-corrected chi connectivity index (χ3v) is 5.89. The Morgan fingerprint density at radius 1 is 1.19 bits per heavy atom. The van der Waals surface area contributed by atoms with Gasteiger partial charge in [-0.25, -0.2) is 9.37 Å². The number of benzene rings is 2. The molecular formula is C21H25FN3OS+. The predicted molar refractivity (Wildman–Crippen MR) is 109 cm³/mol. The molecule has 142 valence electrons. The van der Waals surface area contributed by atoms with Crippen LogP contribution >= 0.6 is 11.3 Å². The van der Waals surface area contributed by atoms with Crippen molar-refractivity contribution in [3.63, 3.8) is 0 Å². The maximum absolute atomic E-state index is 13.6. The summed E-state index contributed by atoms with van der Waals surface area (Å²) in [4.78, 5) is 21.0. The first-order chi connectivity index (χ1) is 13.0. The summed E-state index contributed by atoms with van der Waals surface area (Å²) in [5, 5.41) is 0.667. The molecule has 0 aliphatic rings. The van der Waals surface area contributed by atoms with E-state index in [1.807, 2.05) is 25.1 Å². The molecule has 4 nitrogen and oxygen atoms in total. The maximum Gasteiger partial charge on any atom is 0.260 e. The SMILES string of the molecule is CC[NH+](CC)CCN(C(=O)c1cccc(F)c1)c1nc2c(C)cccc2s1. The van der Waals surface area contributed by atoms with E-state index in [0.29, 0.717) is 17.2 Å². The number of para-hydroxylation sites is 1. The van der Waals surface area contributed by atoms with Gasteiger partial charge in [0.05, 0.1) is 36.4 Å². The van der Waals surface area contributed by atoms with Gasteiger partial charge < -0.3 is 4.90 Å². The van der Waals surface area contributed by atoms with Gasteiger partial charge in [0.25, 0.3) is 5.91 Å². The fourth-order valence-corrected chi connectivity index (χ4v) is 4.19. The number of aromatic nitrogens is 1. The summed E-state index contributed by atoms with van der Waals surface area (Å²) in [7, 11) is 0. The van der Waals surface area contributed by atoms with E-state index in [2.05, 4.69) is 13.8 Å². The zero-order valence-electron chi connectivity index (χ0n) is 16.0. The van der Waals surface area contributed by atoms with Crippen LogP contribution in [0.3, 0.4) is 0 Å². The summed E-state index contributed by atoms with van der Waals surface area (Å²) in [5.41, 5.74) is 2.35. The number of halogens is 1. The second kappa shape index (κ2) is 8.59. The standard InChI is InChI=1S/C21H24FN3OS/c1-4-24(5-2)12-13-25(20(26)16-9-7-10-17(22)14-16)21-23-19-15(3)8-6-11-18(19)27-21/h6-11,14H,4-5,12-13H2,1-3H3/p+1. The number of aryl methyl sites for hydroxylation is 1. The highest BCUT2D eigenvalue weighted by molar-refractivity contribution is 7.22. The number of nitrogens with zero attached hydrogens (tertiary/aromatic N) is 2. The number of hydrogen-bond donors (Lipinski definition) is 1. The number of nitrogens with one attached hydrogen (secondary N) is 1. The van der Waals surface area contributed by atoms with Gasteiger partial charge in [0.15, 0.2) is 5.13 Å². The van der Waals surface area contributed by atoms with Gasteiger partial charge in [-0.2, -0.15) is 0 Å². The average molecular weight is 387 g/mol. The molecule has 0 saturated carbocycles. The van der Waals surface area contributed by atoms with Crippen molar-refractivity contribution < 1.29 is 14.1 Å². The Hall–Kier alpha value is -2.31. The lowest BCUT2D eigenvalue weighted by Crippen LogP contribution is -3.12. The van der Waals surface area contributed by atoms with Crippen molar-refractivity contribution in [3.8, 4) is 0 Å². The Morgan fingerprint density at radius 3 is 2.59 bits per heavy atom. The number of fused-ring (bicyclic) bond motifs is 1. The Balaban J connectivity index is 1.97. The molecule has 1 heterocycles. The normalized spacial score (nSPS) is 11.3. The number of amides is 1. The van der Waals surface area contributed by atoms with E-state index in [1.54, 1.807) is 17.0 Å². The Morgan fingerprint density at radius 2 is 1.93 bits per heavy atom. The molecule has 1 amide bonds. The van der Waals surface area contributed by atoms with E-state index in [-0.39, 0.29) is 5.91 Å². The van der Waals surface area contributed by atoms with Crippen LogP contribution in [0, 0.1) is 12.7 Å². The Bertz CT molecular complexity index is 936. The summed E-state index contributed by atoms with van der Waals surface area (Å²) in [6, 6.07) is 11.9. The first-order valence-electron chi connectivity index (χ1n) is 9.30. The lowest BCUT2D eigenvalue weighted by Gasteiger charge is -2.23. The van der Waals surface area contributed by atoms with Crippen molar-refractivity contribution in [2.75, 3.05) is 31.1 Å². The fraction of sp³-hybridized carbons (Fsp3) is 0.333. The quantitative estimate of drug-likeness (QED) is 0.676. The van der Waals surface area contributed by atoms with Gasteiger partial charge in [-0.05, 0) is 50.6 Å². The molecule has 2 aromatic carbocycles. The molecule has 0 unspecified atom stereocenters. The predicted octanol–water partition coefficient (Wildman–Crippen LogP) is 3.32. The summed E-state index contributed by atoms with van der Waals surface area (Å²) in [6.45, 7) is 9.66. The zero-order valence-corrected chi connectivity index (χ0v) is 16.8. The van der Waals surface area contributed by atoms with E-state index in [1.165, 1.54) is 28.4 Å². The molecule has 0 bridgehead atoms. The molecule has 1 N–H and O–H groups in total. The number of thiazole rings is 1. The van der Waals surface area contributed by atoms with Gasteiger partial charge in [-0.1, -0.05) is 29.5 Å². The van der Waals surface area contributed by atoms with Crippen LogP contribution in [-0.4, -0.2) is 37.1 Å². The Kier molecular flexibility index (Phi) is 6.19. The zero-order chi connectivity index (χ0) is 19.4. The average Bonchev–Trinajstić information content (AvgIpc) is 3.10. The van der Waals surface area contributed by atoms with Crippen LogP contribution in [0.4, 0.5) is 9.52 Å². The summed E-state index contributed by atoms with van der Waals surface area (Å²) in [6.07, 6.45) is 0. The number of anilines is 1. The van der Waals surface area contributed by atoms with Crippen molar-refractivity contribution in [3.05, 3.63) is 59.4 Å². The third kappa shape index (κ3) is 4.34. The minimum atomic E-state index is -0.407. The molecule has 27 heavy (non-hydrogen) atoms. The molecule has 0 aliphatic carbocycles. The molecule has 0 aliphatic heterocycles. The van der Waals surface area contributed by atoms with Crippen LogP contribution in [0.2, 0.25) is 0 Å². The number of hydrogen-bond acceptors (Lipinski definition) is 3. The third-order valence-electron chi connectivity index (χ3n) is 4.85. The molecule has 0 saturated heterocycles. The fourth-order valence-electron chi connectivity index (χ4n) is 3.12. The highest BCUT2D eigenvalue weighted by atomic mass is 32.1. The Labute approximate surface area is 163 Å². The number of quaternary nitrogens is 1. The summed E-state index contributed by atoms with van der Waals surface area (Å²) >= 11 is 1.50.